The van der Waals surface area contributed by atoms with Crippen LogP contribution < -0.4 is 5.32 Å². The monoisotopic (exact) mass is 291 g/mol. The Kier molecular flexibility index (Phi) is 6.47. The van der Waals surface area contributed by atoms with Crippen LogP contribution in [0.2, 0.25) is 0 Å². The smallest absolute Gasteiger partial charge is 0.394 e. The van der Waals surface area contributed by atoms with Gasteiger partial charge in [-0.05, 0) is 5.56 Å². The molecule has 112 valence electrons. The van der Waals surface area contributed by atoms with Crippen LogP contribution in [0.5, 0.6) is 0 Å². The standard InChI is InChI=1S/C13H16F3NO3/c14-13(15,16)9-20-7-6-12(19)17-11(8-18)10-4-2-1-3-5-10/h1-5,11,18H,6-9H2,(H,17,19)/t11-/m1/s1. The van der Waals surface area contributed by atoms with Gasteiger partial charge >= 0.3 is 6.18 Å². The second-order valence-corrected chi connectivity index (χ2v) is 4.13. The van der Waals surface area contributed by atoms with E-state index in [4.69, 9.17) is 0 Å². The lowest BCUT2D eigenvalue weighted by Gasteiger charge is -2.16. The van der Waals surface area contributed by atoms with E-state index in [1.165, 1.54) is 0 Å². The van der Waals surface area contributed by atoms with Crippen molar-refractivity contribution in [2.75, 3.05) is 19.8 Å². The Balaban J connectivity index is 2.34. The number of halogens is 3. The quantitative estimate of drug-likeness (QED) is 0.753. The first-order valence-corrected chi connectivity index (χ1v) is 6.02. The topological polar surface area (TPSA) is 58.6 Å². The molecule has 4 nitrogen and oxygen atoms in total. The van der Waals surface area contributed by atoms with E-state index in [9.17, 15) is 23.1 Å². The van der Waals surface area contributed by atoms with Crippen LogP contribution in [0.15, 0.2) is 30.3 Å². The Hall–Kier alpha value is -1.60. The molecule has 2 N–H and O–H groups in total. The van der Waals surface area contributed by atoms with Crippen molar-refractivity contribution in [3.8, 4) is 0 Å². The van der Waals surface area contributed by atoms with Crippen molar-refractivity contribution in [3.05, 3.63) is 35.9 Å². The molecule has 0 saturated carbocycles. The van der Waals surface area contributed by atoms with E-state index in [2.05, 4.69) is 10.1 Å². The number of amides is 1. The second-order valence-electron chi connectivity index (χ2n) is 4.13. The van der Waals surface area contributed by atoms with Gasteiger partial charge in [-0.2, -0.15) is 13.2 Å². The number of alkyl halides is 3. The first kappa shape index (κ1) is 16.5. The van der Waals surface area contributed by atoms with Gasteiger partial charge in [-0.1, -0.05) is 30.3 Å². The highest BCUT2D eigenvalue weighted by Gasteiger charge is 2.27. The Labute approximate surface area is 114 Å². The first-order valence-electron chi connectivity index (χ1n) is 6.02. The van der Waals surface area contributed by atoms with E-state index in [-0.39, 0.29) is 19.6 Å². The van der Waals surface area contributed by atoms with Crippen LogP contribution in [0.4, 0.5) is 13.2 Å². The van der Waals surface area contributed by atoms with Gasteiger partial charge in [0.1, 0.15) is 6.61 Å². The van der Waals surface area contributed by atoms with Gasteiger partial charge in [-0.25, -0.2) is 0 Å². The zero-order valence-electron chi connectivity index (χ0n) is 10.7. The molecule has 0 spiro atoms. The Morgan fingerprint density at radius 3 is 2.50 bits per heavy atom. The molecule has 0 aliphatic carbocycles. The summed E-state index contributed by atoms with van der Waals surface area (Å²) in [5.74, 6) is -0.477. The third-order valence-corrected chi connectivity index (χ3v) is 2.46. The molecule has 0 saturated heterocycles. The zero-order valence-corrected chi connectivity index (χ0v) is 10.7. The van der Waals surface area contributed by atoms with E-state index in [1.807, 2.05) is 0 Å². The van der Waals surface area contributed by atoms with Crippen LogP contribution in [0.1, 0.15) is 18.0 Å². The highest BCUT2D eigenvalue weighted by molar-refractivity contribution is 5.76. The lowest BCUT2D eigenvalue weighted by Crippen LogP contribution is -2.31. The van der Waals surface area contributed by atoms with Crippen LogP contribution in [0.3, 0.4) is 0 Å². The van der Waals surface area contributed by atoms with Crippen molar-refractivity contribution in [2.24, 2.45) is 0 Å². The molecule has 0 bridgehead atoms. The third kappa shape index (κ3) is 6.53. The lowest BCUT2D eigenvalue weighted by molar-refractivity contribution is -0.174. The van der Waals surface area contributed by atoms with Crippen molar-refractivity contribution in [3.63, 3.8) is 0 Å². The van der Waals surface area contributed by atoms with E-state index in [0.717, 1.165) is 5.56 Å². The number of aliphatic hydroxyl groups is 1. The normalized spacial score (nSPS) is 13.0. The summed E-state index contributed by atoms with van der Waals surface area (Å²) in [6, 6.07) is 8.21. The van der Waals surface area contributed by atoms with Gasteiger partial charge in [-0.15, -0.1) is 0 Å². The van der Waals surface area contributed by atoms with Crippen LogP contribution in [-0.4, -0.2) is 37.0 Å². The predicted molar refractivity (Wildman–Crippen MR) is 65.9 cm³/mol. The number of hydrogen-bond donors (Lipinski definition) is 2. The van der Waals surface area contributed by atoms with Crippen LogP contribution in [-0.2, 0) is 9.53 Å². The molecule has 1 rings (SSSR count). The molecule has 0 aliphatic rings. The lowest BCUT2D eigenvalue weighted by atomic mass is 10.1. The van der Waals surface area contributed by atoms with Gasteiger partial charge in [0.15, 0.2) is 0 Å². The fraction of sp³-hybridized carbons (Fsp3) is 0.462. The highest BCUT2D eigenvalue weighted by atomic mass is 19.4. The van der Waals surface area contributed by atoms with Crippen molar-refractivity contribution < 1.29 is 27.8 Å². The summed E-state index contributed by atoms with van der Waals surface area (Å²) in [6.45, 7) is -1.99. The molecule has 0 heterocycles. The number of carbonyl (C=O) groups excluding carboxylic acids is 1. The number of rotatable bonds is 7. The van der Waals surface area contributed by atoms with Gasteiger partial charge in [0, 0.05) is 6.42 Å². The van der Waals surface area contributed by atoms with E-state index >= 15 is 0 Å². The summed E-state index contributed by atoms with van der Waals surface area (Å²) in [7, 11) is 0. The average molecular weight is 291 g/mol. The Morgan fingerprint density at radius 1 is 1.30 bits per heavy atom. The molecule has 7 heteroatoms. The average Bonchev–Trinajstić information content (AvgIpc) is 2.41. The molecule has 20 heavy (non-hydrogen) atoms. The van der Waals surface area contributed by atoms with Gasteiger partial charge in [0.2, 0.25) is 5.91 Å². The van der Waals surface area contributed by atoms with Crippen molar-refractivity contribution in [1.29, 1.82) is 0 Å². The third-order valence-electron chi connectivity index (χ3n) is 2.46. The number of aliphatic hydroxyl groups excluding tert-OH is 1. The first-order chi connectivity index (χ1) is 9.42. The number of ether oxygens (including phenoxy) is 1. The van der Waals surface area contributed by atoms with Crippen LogP contribution in [0, 0.1) is 0 Å². The second kappa shape index (κ2) is 7.86. The molecule has 0 unspecified atom stereocenters. The minimum absolute atomic E-state index is 0.195. The van der Waals surface area contributed by atoms with Gasteiger partial charge < -0.3 is 15.2 Å². The summed E-state index contributed by atoms with van der Waals surface area (Å²) >= 11 is 0. The maximum atomic E-state index is 11.8. The molecule has 0 aliphatic heterocycles. The van der Waals surface area contributed by atoms with Crippen LogP contribution >= 0.6 is 0 Å². The molecule has 1 aromatic carbocycles. The maximum Gasteiger partial charge on any atom is 0.411 e. The maximum absolute atomic E-state index is 11.8. The number of hydrogen-bond acceptors (Lipinski definition) is 3. The molecule has 1 amide bonds. The largest absolute Gasteiger partial charge is 0.411 e. The van der Waals surface area contributed by atoms with Crippen LogP contribution in [0.25, 0.3) is 0 Å². The fourth-order valence-electron chi connectivity index (χ4n) is 1.54. The summed E-state index contributed by atoms with van der Waals surface area (Å²) in [4.78, 5) is 11.5. The molecule has 0 fully saturated rings. The highest BCUT2D eigenvalue weighted by Crippen LogP contribution is 2.14. The Bertz CT molecular complexity index is 409. The minimum atomic E-state index is -4.39. The van der Waals surface area contributed by atoms with Gasteiger partial charge in [0.25, 0.3) is 0 Å². The summed E-state index contributed by atoms with van der Waals surface area (Å²) in [5.41, 5.74) is 0.722. The summed E-state index contributed by atoms with van der Waals surface area (Å²) in [5, 5.41) is 11.7. The summed E-state index contributed by atoms with van der Waals surface area (Å²) in [6.07, 6.45) is -4.59. The van der Waals surface area contributed by atoms with Crippen molar-refractivity contribution in [2.45, 2.75) is 18.6 Å². The number of nitrogens with one attached hydrogen (secondary N) is 1. The molecular formula is C13H16F3NO3. The van der Waals surface area contributed by atoms with E-state index < -0.39 is 24.7 Å². The number of carbonyl (C=O) groups is 1. The predicted octanol–water partition coefficient (Wildman–Crippen LogP) is 1.81. The van der Waals surface area contributed by atoms with Gasteiger partial charge in [0.05, 0.1) is 19.3 Å². The zero-order chi connectivity index (χ0) is 15.0. The van der Waals surface area contributed by atoms with Crippen molar-refractivity contribution in [1.82, 2.24) is 5.32 Å². The summed E-state index contributed by atoms with van der Waals surface area (Å²) < 4.78 is 39.8. The molecular weight excluding hydrogens is 275 g/mol. The minimum Gasteiger partial charge on any atom is -0.394 e. The molecule has 0 aromatic heterocycles. The Morgan fingerprint density at radius 2 is 1.95 bits per heavy atom. The van der Waals surface area contributed by atoms with Crippen molar-refractivity contribution >= 4 is 5.91 Å². The van der Waals surface area contributed by atoms with E-state index in [1.54, 1.807) is 30.3 Å². The molecule has 1 atom stereocenters. The molecule has 0 radical (unpaired) electrons. The fourth-order valence-corrected chi connectivity index (χ4v) is 1.54. The SMILES string of the molecule is O=C(CCOCC(F)(F)F)N[C@H](CO)c1ccccc1. The molecule has 1 aromatic rings. The number of benzene rings is 1. The van der Waals surface area contributed by atoms with E-state index in [0.29, 0.717) is 0 Å². The van der Waals surface area contributed by atoms with Gasteiger partial charge in [-0.3, -0.25) is 4.79 Å².